The third-order valence-corrected chi connectivity index (χ3v) is 4.94. The molecule has 2 rings (SSSR count). The van der Waals surface area contributed by atoms with Crippen LogP contribution in [0.4, 0.5) is 5.82 Å². The molecule has 2 N–H and O–H groups in total. The normalized spacial score (nSPS) is 18.5. The zero-order valence-electron chi connectivity index (χ0n) is 9.88. The van der Waals surface area contributed by atoms with Crippen molar-refractivity contribution in [3.8, 4) is 0 Å². The molecular formula is C9H16N4O3S. The molecule has 8 heteroatoms. The quantitative estimate of drug-likeness (QED) is 0.761. The number of sulfonamides is 1. The Morgan fingerprint density at radius 1 is 1.35 bits per heavy atom. The number of rotatable bonds is 2. The molecule has 1 aliphatic rings. The van der Waals surface area contributed by atoms with Gasteiger partial charge < -0.3 is 10.5 Å². The van der Waals surface area contributed by atoms with Crippen LogP contribution < -0.4 is 5.73 Å². The van der Waals surface area contributed by atoms with Gasteiger partial charge in [0.2, 0.25) is 10.0 Å². The summed E-state index contributed by atoms with van der Waals surface area (Å²) >= 11 is 0. The average Bonchev–Trinajstić information content (AvgIpc) is 2.54. The molecule has 0 radical (unpaired) electrons. The molecule has 1 aromatic heterocycles. The van der Waals surface area contributed by atoms with Gasteiger partial charge in [-0.15, -0.1) is 0 Å². The third kappa shape index (κ3) is 2.03. The molecule has 1 fully saturated rings. The maximum atomic E-state index is 12.4. The molecule has 0 aliphatic carbocycles. The van der Waals surface area contributed by atoms with Crippen molar-refractivity contribution in [1.82, 2.24) is 14.1 Å². The number of aromatic nitrogens is 2. The summed E-state index contributed by atoms with van der Waals surface area (Å²) in [6, 6.07) is 0. The second kappa shape index (κ2) is 4.28. The summed E-state index contributed by atoms with van der Waals surface area (Å²) in [6.07, 6.45) is 0. The van der Waals surface area contributed by atoms with Crippen LogP contribution in [-0.2, 0) is 21.8 Å². The van der Waals surface area contributed by atoms with Crippen molar-refractivity contribution >= 4 is 15.8 Å². The van der Waals surface area contributed by atoms with E-state index in [-0.39, 0.29) is 10.7 Å². The Labute approximate surface area is 100 Å². The minimum atomic E-state index is -3.56. The van der Waals surface area contributed by atoms with Crippen molar-refractivity contribution in [2.75, 3.05) is 32.0 Å². The minimum absolute atomic E-state index is 0.0523. The van der Waals surface area contributed by atoms with E-state index in [0.717, 1.165) is 0 Å². The van der Waals surface area contributed by atoms with Crippen molar-refractivity contribution in [2.45, 2.75) is 11.8 Å². The van der Waals surface area contributed by atoms with Crippen molar-refractivity contribution in [3.05, 3.63) is 5.69 Å². The standard InChI is InChI=1S/C9H16N4O3S/c1-7-8(9(10)11-12(7)2)17(14,15)13-3-5-16-6-4-13/h3-6H2,1-2H3,(H2,10,11). The van der Waals surface area contributed by atoms with Gasteiger partial charge in [0.25, 0.3) is 0 Å². The summed E-state index contributed by atoms with van der Waals surface area (Å²) in [5, 5.41) is 3.93. The van der Waals surface area contributed by atoms with E-state index >= 15 is 0 Å². The number of nitrogens with two attached hydrogens (primary N) is 1. The SMILES string of the molecule is Cc1c(S(=O)(=O)N2CCOCC2)c(N)nn1C. The second-order valence-corrected chi connectivity index (χ2v) is 5.81. The molecule has 1 aliphatic heterocycles. The first-order chi connectivity index (χ1) is 7.94. The Hall–Kier alpha value is -1.12. The van der Waals surface area contributed by atoms with E-state index in [0.29, 0.717) is 32.0 Å². The van der Waals surface area contributed by atoms with Crippen molar-refractivity contribution in [1.29, 1.82) is 0 Å². The third-order valence-electron chi connectivity index (χ3n) is 2.87. The van der Waals surface area contributed by atoms with Gasteiger partial charge in [-0.1, -0.05) is 0 Å². The van der Waals surface area contributed by atoms with Crippen molar-refractivity contribution < 1.29 is 13.2 Å². The van der Waals surface area contributed by atoms with Crippen LogP contribution in [-0.4, -0.2) is 48.8 Å². The lowest BCUT2D eigenvalue weighted by atomic mass is 10.5. The summed E-state index contributed by atoms with van der Waals surface area (Å²) in [5.74, 6) is 0.0523. The first-order valence-corrected chi connectivity index (χ1v) is 6.75. The Balaban J connectivity index is 2.43. The molecule has 1 aromatic rings. The highest BCUT2D eigenvalue weighted by atomic mass is 32.2. The highest BCUT2D eigenvalue weighted by Gasteiger charge is 2.32. The van der Waals surface area contributed by atoms with Crippen molar-refractivity contribution in [3.63, 3.8) is 0 Å². The number of nitrogens with zero attached hydrogens (tertiary/aromatic N) is 3. The van der Waals surface area contributed by atoms with Gasteiger partial charge in [0.15, 0.2) is 5.82 Å². The monoisotopic (exact) mass is 260 g/mol. The average molecular weight is 260 g/mol. The Kier molecular flexibility index (Phi) is 3.11. The summed E-state index contributed by atoms with van der Waals surface area (Å²) in [4.78, 5) is 0.113. The number of anilines is 1. The van der Waals surface area contributed by atoms with Crippen LogP contribution in [0.2, 0.25) is 0 Å². The van der Waals surface area contributed by atoms with Crippen LogP contribution in [0.25, 0.3) is 0 Å². The van der Waals surface area contributed by atoms with Gasteiger partial charge in [0, 0.05) is 20.1 Å². The number of aryl methyl sites for hydroxylation is 1. The van der Waals surface area contributed by atoms with Crippen LogP contribution in [0.3, 0.4) is 0 Å². The predicted octanol–water partition coefficient (Wildman–Crippen LogP) is -0.668. The van der Waals surface area contributed by atoms with E-state index in [4.69, 9.17) is 10.5 Å². The largest absolute Gasteiger partial charge is 0.381 e. The summed E-state index contributed by atoms with van der Waals surface area (Å²) in [7, 11) is -1.89. The molecule has 0 unspecified atom stereocenters. The molecular weight excluding hydrogens is 244 g/mol. The molecule has 0 saturated carbocycles. The number of ether oxygens (including phenoxy) is 1. The summed E-state index contributed by atoms with van der Waals surface area (Å²) < 4.78 is 32.8. The maximum absolute atomic E-state index is 12.4. The summed E-state index contributed by atoms with van der Waals surface area (Å²) in [6.45, 7) is 3.24. The van der Waals surface area contributed by atoms with Gasteiger partial charge in [-0.2, -0.15) is 9.40 Å². The zero-order valence-corrected chi connectivity index (χ0v) is 10.7. The van der Waals surface area contributed by atoms with E-state index < -0.39 is 10.0 Å². The molecule has 96 valence electrons. The van der Waals surface area contributed by atoms with Gasteiger partial charge >= 0.3 is 0 Å². The lowest BCUT2D eigenvalue weighted by Gasteiger charge is -2.25. The van der Waals surface area contributed by atoms with Crippen LogP contribution in [0, 0.1) is 6.92 Å². The van der Waals surface area contributed by atoms with Gasteiger partial charge in [-0.25, -0.2) is 8.42 Å². The number of hydrogen-bond acceptors (Lipinski definition) is 5. The lowest BCUT2D eigenvalue weighted by Crippen LogP contribution is -2.41. The maximum Gasteiger partial charge on any atom is 0.248 e. The van der Waals surface area contributed by atoms with Crippen LogP contribution in [0.1, 0.15) is 5.69 Å². The van der Waals surface area contributed by atoms with Gasteiger partial charge in [-0.3, -0.25) is 4.68 Å². The van der Waals surface area contributed by atoms with Gasteiger partial charge in [0.1, 0.15) is 4.90 Å². The second-order valence-electron chi connectivity index (χ2n) is 3.94. The molecule has 0 atom stereocenters. The Morgan fingerprint density at radius 2 is 1.94 bits per heavy atom. The predicted molar refractivity (Wildman–Crippen MR) is 61.9 cm³/mol. The van der Waals surface area contributed by atoms with E-state index in [1.807, 2.05) is 0 Å². The fraction of sp³-hybridized carbons (Fsp3) is 0.667. The van der Waals surface area contributed by atoms with Gasteiger partial charge in [0.05, 0.1) is 18.9 Å². The molecule has 7 nitrogen and oxygen atoms in total. The Morgan fingerprint density at radius 3 is 2.41 bits per heavy atom. The van der Waals surface area contributed by atoms with Crippen molar-refractivity contribution in [2.24, 2.45) is 7.05 Å². The van der Waals surface area contributed by atoms with Crippen LogP contribution in [0.5, 0.6) is 0 Å². The first-order valence-electron chi connectivity index (χ1n) is 5.31. The molecule has 0 aromatic carbocycles. The smallest absolute Gasteiger partial charge is 0.248 e. The summed E-state index contributed by atoms with van der Waals surface area (Å²) in [5.41, 5.74) is 6.22. The molecule has 2 heterocycles. The van der Waals surface area contributed by atoms with E-state index in [1.165, 1.54) is 8.99 Å². The first kappa shape index (κ1) is 12.3. The lowest BCUT2D eigenvalue weighted by molar-refractivity contribution is 0.0730. The molecule has 0 bridgehead atoms. The van der Waals surface area contributed by atoms with Crippen LogP contribution in [0.15, 0.2) is 4.90 Å². The van der Waals surface area contributed by atoms with E-state index in [2.05, 4.69) is 5.10 Å². The van der Waals surface area contributed by atoms with E-state index in [9.17, 15) is 8.42 Å². The highest BCUT2D eigenvalue weighted by molar-refractivity contribution is 7.89. The fourth-order valence-corrected chi connectivity index (χ4v) is 3.55. The topological polar surface area (TPSA) is 90.4 Å². The van der Waals surface area contributed by atoms with E-state index in [1.54, 1.807) is 14.0 Å². The van der Waals surface area contributed by atoms with Gasteiger partial charge in [-0.05, 0) is 6.92 Å². The minimum Gasteiger partial charge on any atom is -0.381 e. The molecule has 0 spiro atoms. The highest BCUT2D eigenvalue weighted by Crippen LogP contribution is 2.25. The Bertz CT molecular complexity index is 517. The van der Waals surface area contributed by atoms with Crippen LogP contribution >= 0.6 is 0 Å². The zero-order chi connectivity index (χ0) is 12.6. The molecule has 0 amide bonds. The molecule has 1 saturated heterocycles. The number of nitrogen functional groups attached to an aromatic ring is 1. The number of morpholine rings is 1. The molecule has 17 heavy (non-hydrogen) atoms. The fourth-order valence-electron chi connectivity index (χ4n) is 1.85. The number of hydrogen-bond donors (Lipinski definition) is 1.